The number of thioether (sulfide) groups is 1. The molecular formula is C12H15FN2O3S2. The van der Waals surface area contributed by atoms with E-state index in [1.54, 1.807) is 6.92 Å². The van der Waals surface area contributed by atoms with Gasteiger partial charge in [-0.05, 0) is 6.07 Å². The fourth-order valence-corrected chi connectivity index (χ4v) is 4.97. The van der Waals surface area contributed by atoms with Gasteiger partial charge in [-0.15, -0.1) is 0 Å². The highest BCUT2D eigenvalue weighted by atomic mass is 32.2. The van der Waals surface area contributed by atoms with E-state index in [4.69, 9.17) is 0 Å². The Kier molecular flexibility index (Phi) is 4.64. The fourth-order valence-electron chi connectivity index (χ4n) is 2.00. The number of amides is 1. The molecule has 0 radical (unpaired) electrons. The summed E-state index contributed by atoms with van der Waals surface area (Å²) in [7, 11) is -3.36. The van der Waals surface area contributed by atoms with Gasteiger partial charge < -0.3 is 4.90 Å². The fraction of sp³-hybridized carbons (Fsp3) is 0.500. The average molecular weight is 318 g/mol. The first-order valence-corrected chi connectivity index (χ1v) is 9.04. The van der Waals surface area contributed by atoms with Crippen LogP contribution in [0.15, 0.2) is 18.3 Å². The maximum absolute atomic E-state index is 13.1. The number of halogens is 1. The summed E-state index contributed by atoms with van der Waals surface area (Å²) in [5, 5.41) is -0.838. The summed E-state index contributed by atoms with van der Waals surface area (Å²) in [5.41, 5.74) is 0.126. The first-order valence-electron chi connectivity index (χ1n) is 6.17. The van der Waals surface area contributed by atoms with Crippen LogP contribution in [0.3, 0.4) is 0 Å². The second kappa shape index (κ2) is 6.09. The van der Waals surface area contributed by atoms with E-state index >= 15 is 0 Å². The second-order valence-electron chi connectivity index (χ2n) is 4.35. The minimum absolute atomic E-state index is 0.0211. The van der Waals surface area contributed by atoms with Crippen molar-refractivity contribution in [2.45, 2.75) is 12.3 Å². The van der Waals surface area contributed by atoms with Crippen LogP contribution in [0.25, 0.3) is 0 Å². The number of carbonyl (C=O) groups is 1. The van der Waals surface area contributed by atoms with Gasteiger partial charge in [-0.2, -0.15) is 16.2 Å². The van der Waals surface area contributed by atoms with E-state index in [1.807, 2.05) is 0 Å². The van der Waals surface area contributed by atoms with E-state index < -0.39 is 27.1 Å². The molecule has 1 aromatic rings. The van der Waals surface area contributed by atoms with Crippen LogP contribution in [0.1, 0.15) is 17.3 Å². The third kappa shape index (κ3) is 3.12. The number of hydrogen-bond acceptors (Lipinski definition) is 5. The van der Waals surface area contributed by atoms with Crippen LogP contribution in [-0.4, -0.2) is 53.4 Å². The number of nitrogens with zero attached hydrogens (tertiary/aromatic N) is 2. The van der Waals surface area contributed by atoms with Crippen molar-refractivity contribution in [1.82, 2.24) is 9.88 Å². The van der Waals surface area contributed by atoms with E-state index in [0.717, 1.165) is 6.07 Å². The average Bonchev–Trinajstić information content (AvgIpc) is 2.46. The molecule has 2 heterocycles. The Morgan fingerprint density at radius 1 is 1.60 bits per heavy atom. The number of aromatic nitrogens is 1. The van der Waals surface area contributed by atoms with Crippen LogP contribution < -0.4 is 0 Å². The van der Waals surface area contributed by atoms with Gasteiger partial charge in [0.25, 0.3) is 5.91 Å². The molecule has 0 bridgehead atoms. The molecule has 1 fully saturated rings. The highest BCUT2D eigenvalue weighted by Crippen LogP contribution is 2.23. The van der Waals surface area contributed by atoms with Crippen LogP contribution in [0.5, 0.6) is 0 Å². The summed E-state index contributed by atoms with van der Waals surface area (Å²) >= 11 is 1.51. The van der Waals surface area contributed by atoms with Crippen LogP contribution in [0.4, 0.5) is 4.39 Å². The lowest BCUT2D eigenvalue weighted by atomic mass is 10.2. The molecular weight excluding hydrogens is 303 g/mol. The maximum atomic E-state index is 13.1. The maximum Gasteiger partial charge on any atom is 0.255 e. The van der Waals surface area contributed by atoms with Gasteiger partial charge in [-0.1, -0.05) is 6.92 Å². The number of rotatable bonds is 3. The highest BCUT2D eigenvalue weighted by Gasteiger charge is 2.36. The first kappa shape index (κ1) is 15.2. The number of carbonyl (C=O) groups excluding carboxylic acids is 1. The zero-order chi connectivity index (χ0) is 14.8. The van der Waals surface area contributed by atoms with Gasteiger partial charge >= 0.3 is 0 Å². The standard InChI is InChI=1S/C12H15FN2O3S2/c1-2-20(17,18)11-8-19-6-5-15(11)12(16)9-3-4-14-10(13)7-9/h3-4,7,11H,2,5-6,8H2,1H3. The molecule has 1 saturated heterocycles. The van der Waals surface area contributed by atoms with Crippen molar-refractivity contribution < 1.29 is 17.6 Å². The Hall–Kier alpha value is -1.15. The van der Waals surface area contributed by atoms with Gasteiger partial charge in [0.05, 0.1) is 0 Å². The van der Waals surface area contributed by atoms with E-state index in [2.05, 4.69) is 4.98 Å². The summed E-state index contributed by atoms with van der Waals surface area (Å²) in [6, 6.07) is 2.42. The molecule has 1 amide bonds. The van der Waals surface area contributed by atoms with Crippen LogP contribution in [0.2, 0.25) is 0 Å². The lowest BCUT2D eigenvalue weighted by Gasteiger charge is -2.34. The molecule has 2 rings (SSSR count). The summed E-state index contributed by atoms with van der Waals surface area (Å²) < 4.78 is 37.2. The monoisotopic (exact) mass is 318 g/mol. The van der Waals surface area contributed by atoms with Crippen LogP contribution in [-0.2, 0) is 9.84 Å². The largest absolute Gasteiger partial charge is 0.320 e. The second-order valence-corrected chi connectivity index (χ2v) is 7.94. The zero-order valence-electron chi connectivity index (χ0n) is 11.0. The molecule has 0 aromatic carbocycles. The van der Waals surface area contributed by atoms with E-state index in [1.165, 1.54) is 28.9 Å². The number of hydrogen-bond donors (Lipinski definition) is 0. The third-order valence-electron chi connectivity index (χ3n) is 3.14. The van der Waals surface area contributed by atoms with Gasteiger partial charge in [0, 0.05) is 41.6 Å². The van der Waals surface area contributed by atoms with Crippen LogP contribution >= 0.6 is 11.8 Å². The molecule has 0 saturated carbocycles. The lowest BCUT2D eigenvalue weighted by molar-refractivity contribution is 0.0748. The molecule has 1 atom stereocenters. The summed E-state index contributed by atoms with van der Waals surface area (Å²) in [4.78, 5) is 17.1. The van der Waals surface area contributed by atoms with E-state index in [9.17, 15) is 17.6 Å². The van der Waals surface area contributed by atoms with E-state index in [0.29, 0.717) is 18.1 Å². The normalized spacial score (nSPS) is 19.9. The molecule has 0 N–H and O–H groups in total. The Labute approximate surface area is 121 Å². The molecule has 1 aliphatic rings. The van der Waals surface area contributed by atoms with Gasteiger partial charge in [-0.25, -0.2) is 13.4 Å². The number of pyridine rings is 1. The smallest absolute Gasteiger partial charge is 0.255 e. The molecule has 0 spiro atoms. The van der Waals surface area contributed by atoms with Crippen molar-refractivity contribution in [3.63, 3.8) is 0 Å². The molecule has 1 unspecified atom stereocenters. The minimum atomic E-state index is -3.36. The van der Waals surface area contributed by atoms with Gasteiger partial charge in [0.1, 0.15) is 5.37 Å². The van der Waals surface area contributed by atoms with Crippen molar-refractivity contribution in [1.29, 1.82) is 0 Å². The van der Waals surface area contributed by atoms with Gasteiger partial charge in [0.15, 0.2) is 9.84 Å². The molecule has 1 aliphatic heterocycles. The molecule has 5 nitrogen and oxygen atoms in total. The third-order valence-corrected chi connectivity index (χ3v) is 6.42. The predicted octanol–water partition coefficient (Wildman–Crippen LogP) is 1.17. The lowest BCUT2D eigenvalue weighted by Crippen LogP contribution is -2.50. The molecule has 0 aliphatic carbocycles. The molecule has 110 valence electrons. The Balaban J connectivity index is 2.31. The Morgan fingerprint density at radius 3 is 3.00 bits per heavy atom. The molecule has 8 heteroatoms. The van der Waals surface area contributed by atoms with Crippen molar-refractivity contribution in [2.24, 2.45) is 0 Å². The Bertz CT molecular complexity index is 606. The highest BCUT2D eigenvalue weighted by molar-refractivity contribution is 8.01. The minimum Gasteiger partial charge on any atom is -0.320 e. The van der Waals surface area contributed by atoms with Crippen LogP contribution in [0, 0.1) is 5.95 Å². The first-order chi connectivity index (χ1) is 9.45. The van der Waals surface area contributed by atoms with Crippen molar-refractivity contribution in [3.05, 3.63) is 29.8 Å². The zero-order valence-corrected chi connectivity index (χ0v) is 12.6. The predicted molar refractivity (Wildman–Crippen MR) is 75.8 cm³/mol. The number of sulfone groups is 1. The van der Waals surface area contributed by atoms with Gasteiger partial charge in [0.2, 0.25) is 5.95 Å². The summed E-state index contributed by atoms with van der Waals surface area (Å²) in [5.74, 6) is -0.206. The van der Waals surface area contributed by atoms with Gasteiger partial charge in [-0.3, -0.25) is 4.79 Å². The molecule has 1 aromatic heterocycles. The van der Waals surface area contributed by atoms with Crippen molar-refractivity contribution >= 4 is 27.5 Å². The van der Waals surface area contributed by atoms with Crippen molar-refractivity contribution in [2.75, 3.05) is 23.8 Å². The SMILES string of the molecule is CCS(=O)(=O)C1CSCCN1C(=O)c1ccnc(F)c1. The van der Waals surface area contributed by atoms with E-state index in [-0.39, 0.29) is 11.3 Å². The summed E-state index contributed by atoms with van der Waals surface area (Å²) in [6.45, 7) is 1.90. The quantitative estimate of drug-likeness (QED) is 0.783. The molecule has 20 heavy (non-hydrogen) atoms. The summed E-state index contributed by atoms with van der Waals surface area (Å²) in [6.07, 6.45) is 1.20. The Morgan fingerprint density at radius 2 is 2.35 bits per heavy atom. The van der Waals surface area contributed by atoms with Crippen molar-refractivity contribution in [3.8, 4) is 0 Å². The topological polar surface area (TPSA) is 67.3 Å².